The van der Waals surface area contributed by atoms with Gasteiger partial charge in [0.2, 0.25) is 0 Å². The SMILES string of the molecule is C=CC/C=C(/CCNC(=O)c1ccc(C)cc1)N=CC. The number of carbonyl (C=O) groups is 1. The lowest BCUT2D eigenvalue weighted by Gasteiger charge is -2.06. The summed E-state index contributed by atoms with van der Waals surface area (Å²) in [4.78, 5) is 16.2. The van der Waals surface area contributed by atoms with E-state index < -0.39 is 0 Å². The smallest absolute Gasteiger partial charge is 0.251 e. The molecule has 1 amide bonds. The van der Waals surface area contributed by atoms with Gasteiger partial charge in [0, 0.05) is 30.4 Å². The molecule has 20 heavy (non-hydrogen) atoms. The standard InChI is InChI=1S/C17H22N2O/c1-4-6-7-16(18-5-2)12-13-19-17(20)15-10-8-14(3)9-11-15/h4-5,7-11H,1,6,12-13H2,2-3H3,(H,19,20)/b16-7-,18-5?. The lowest BCUT2D eigenvalue weighted by molar-refractivity contribution is 0.0954. The Labute approximate surface area is 121 Å². The number of allylic oxidation sites excluding steroid dienone is 2. The first kappa shape index (κ1) is 15.9. The fourth-order valence-electron chi connectivity index (χ4n) is 1.72. The minimum absolute atomic E-state index is 0.0476. The highest BCUT2D eigenvalue weighted by Gasteiger charge is 2.04. The number of nitrogens with one attached hydrogen (secondary N) is 1. The molecule has 0 unspecified atom stereocenters. The molecule has 0 aliphatic carbocycles. The summed E-state index contributed by atoms with van der Waals surface area (Å²) in [5.74, 6) is -0.0476. The predicted octanol–water partition coefficient (Wildman–Crippen LogP) is 3.67. The van der Waals surface area contributed by atoms with Crippen LogP contribution in [0.5, 0.6) is 0 Å². The molecule has 1 aromatic carbocycles. The minimum atomic E-state index is -0.0476. The van der Waals surface area contributed by atoms with Crippen molar-refractivity contribution in [1.82, 2.24) is 5.32 Å². The van der Waals surface area contributed by atoms with Gasteiger partial charge in [0.15, 0.2) is 0 Å². The molecule has 0 aliphatic rings. The van der Waals surface area contributed by atoms with Crippen molar-refractivity contribution < 1.29 is 4.79 Å². The van der Waals surface area contributed by atoms with Crippen LogP contribution >= 0.6 is 0 Å². The van der Waals surface area contributed by atoms with Gasteiger partial charge < -0.3 is 5.32 Å². The Hall–Kier alpha value is -2.16. The normalized spacial score (nSPS) is 11.6. The Morgan fingerprint density at radius 1 is 1.35 bits per heavy atom. The van der Waals surface area contributed by atoms with Gasteiger partial charge >= 0.3 is 0 Å². The number of carbonyl (C=O) groups excluding carboxylic acids is 1. The van der Waals surface area contributed by atoms with Crippen molar-refractivity contribution in [2.75, 3.05) is 6.54 Å². The van der Waals surface area contributed by atoms with Crippen molar-refractivity contribution >= 4 is 12.1 Å². The van der Waals surface area contributed by atoms with Crippen LogP contribution in [-0.4, -0.2) is 18.7 Å². The molecule has 0 fully saturated rings. The Kier molecular flexibility index (Phi) is 7.04. The molecule has 0 aliphatic heterocycles. The quantitative estimate of drug-likeness (QED) is 0.596. The molecule has 1 aromatic rings. The number of rotatable bonds is 7. The van der Waals surface area contributed by atoms with Crippen LogP contribution in [0.4, 0.5) is 0 Å². The Bertz CT molecular complexity index is 498. The summed E-state index contributed by atoms with van der Waals surface area (Å²) in [6.45, 7) is 8.14. The molecule has 0 saturated carbocycles. The van der Waals surface area contributed by atoms with Crippen molar-refractivity contribution in [3.8, 4) is 0 Å². The zero-order chi connectivity index (χ0) is 14.8. The van der Waals surface area contributed by atoms with E-state index >= 15 is 0 Å². The second-order valence-corrected chi connectivity index (χ2v) is 4.48. The Balaban J connectivity index is 2.48. The van der Waals surface area contributed by atoms with E-state index in [2.05, 4.69) is 16.9 Å². The van der Waals surface area contributed by atoms with Gasteiger partial charge in [0.25, 0.3) is 5.91 Å². The highest BCUT2D eigenvalue weighted by atomic mass is 16.1. The van der Waals surface area contributed by atoms with Gasteiger partial charge in [0.05, 0.1) is 0 Å². The van der Waals surface area contributed by atoms with Crippen molar-refractivity contribution in [3.63, 3.8) is 0 Å². The van der Waals surface area contributed by atoms with Gasteiger partial charge in [-0.25, -0.2) is 0 Å². The maximum Gasteiger partial charge on any atom is 0.251 e. The van der Waals surface area contributed by atoms with Gasteiger partial charge in [-0.15, -0.1) is 6.58 Å². The highest BCUT2D eigenvalue weighted by molar-refractivity contribution is 5.94. The van der Waals surface area contributed by atoms with Crippen LogP contribution in [0.3, 0.4) is 0 Å². The van der Waals surface area contributed by atoms with Gasteiger partial charge in [-0.1, -0.05) is 29.8 Å². The van der Waals surface area contributed by atoms with Gasteiger partial charge in [-0.2, -0.15) is 0 Å². The zero-order valence-corrected chi connectivity index (χ0v) is 12.2. The summed E-state index contributed by atoms with van der Waals surface area (Å²) in [6.07, 6.45) is 7.12. The van der Waals surface area contributed by atoms with Crippen molar-refractivity contribution in [2.45, 2.75) is 26.7 Å². The number of hydrogen-bond acceptors (Lipinski definition) is 2. The second-order valence-electron chi connectivity index (χ2n) is 4.48. The van der Waals surface area contributed by atoms with Crippen LogP contribution in [-0.2, 0) is 0 Å². The largest absolute Gasteiger partial charge is 0.352 e. The first-order valence-electron chi connectivity index (χ1n) is 6.81. The number of aryl methyl sites for hydroxylation is 1. The number of benzene rings is 1. The number of aliphatic imine (C=N–C) groups is 1. The van der Waals surface area contributed by atoms with E-state index in [0.29, 0.717) is 12.1 Å². The molecule has 106 valence electrons. The van der Waals surface area contributed by atoms with Crippen LogP contribution in [0, 0.1) is 6.92 Å². The van der Waals surface area contributed by atoms with Crippen molar-refractivity contribution in [2.24, 2.45) is 4.99 Å². The molecule has 3 heteroatoms. The maximum absolute atomic E-state index is 11.9. The first-order valence-corrected chi connectivity index (χ1v) is 6.81. The topological polar surface area (TPSA) is 41.5 Å². The summed E-state index contributed by atoms with van der Waals surface area (Å²) < 4.78 is 0. The van der Waals surface area contributed by atoms with E-state index in [1.807, 2.05) is 50.3 Å². The van der Waals surface area contributed by atoms with Crippen LogP contribution in [0.25, 0.3) is 0 Å². The molecular weight excluding hydrogens is 248 g/mol. The summed E-state index contributed by atoms with van der Waals surface area (Å²) >= 11 is 0. The third kappa shape index (κ3) is 5.65. The fourth-order valence-corrected chi connectivity index (χ4v) is 1.72. The Morgan fingerprint density at radius 2 is 2.05 bits per heavy atom. The Morgan fingerprint density at radius 3 is 2.65 bits per heavy atom. The summed E-state index contributed by atoms with van der Waals surface area (Å²) in [5.41, 5.74) is 2.80. The summed E-state index contributed by atoms with van der Waals surface area (Å²) in [7, 11) is 0. The molecule has 0 bridgehead atoms. The molecule has 0 aromatic heterocycles. The van der Waals surface area contributed by atoms with Crippen LogP contribution in [0.1, 0.15) is 35.7 Å². The molecule has 0 atom stereocenters. The van der Waals surface area contributed by atoms with Crippen molar-refractivity contribution in [1.29, 1.82) is 0 Å². The van der Waals surface area contributed by atoms with E-state index in [-0.39, 0.29) is 5.91 Å². The van der Waals surface area contributed by atoms with Gasteiger partial charge in [-0.05, 0) is 32.4 Å². The zero-order valence-electron chi connectivity index (χ0n) is 12.2. The third-order valence-electron chi connectivity index (χ3n) is 2.80. The van der Waals surface area contributed by atoms with E-state index in [1.165, 1.54) is 0 Å². The number of nitrogens with zero attached hydrogens (tertiary/aromatic N) is 1. The molecule has 3 nitrogen and oxygen atoms in total. The fraction of sp³-hybridized carbons (Fsp3) is 0.294. The van der Waals surface area contributed by atoms with E-state index in [1.54, 1.807) is 6.21 Å². The first-order chi connectivity index (χ1) is 9.67. The van der Waals surface area contributed by atoms with Crippen LogP contribution < -0.4 is 5.32 Å². The average Bonchev–Trinajstić information content (AvgIpc) is 2.45. The molecule has 0 radical (unpaired) electrons. The van der Waals surface area contributed by atoms with Crippen LogP contribution in [0.2, 0.25) is 0 Å². The van der Waals surface area contributed by atoms with E-state index in [9.17, 15) is 4.79 Å². The molecular formula is C17H22N2O. The molecule has 1 N–H and O–H groups in total. The van der Waals surface area contributed by atoms with E-state index in [0.717, 1.165) is 24.1 Å². The van der Waals surface area contributed by atoms with E-state index in [4.69, 9.17) is 0 Å². The summed E-state index contributed by atoms with van der Waals surface area (Å²) in [5, 5.41) is 2.90. The summed E-state index contributed by atoms with van der Waals surface area (Å²) in [6, 6.07) is 7.55. The lowest BCUT2D eigenvalue weighted by Crippen LogP contribution is -2.24. The average molecular weight is 270 g/mol. The second kappa shape index (κ2) is 8.86. The molecule has 0 spiro atoms. The number of hydrogen-bond donors (Lipinski definition) is 1. The third-order valence-corrected chi connectivity index (χ3v) is 2.80. The predicted molar refractivity (Wildman–Crippen MR) is 85.2 cm³/mol. The molecule has 0 heterocycles. The van der Waals surface area contributed by atoms with Crippen LogP contribution in [0.15, 0.2) is 53.7 Å². The molecule has 0 saturated heterocycles. The minimum Gasteiger partial charge on any atom is -0.352 e. The monoisotopic (exact) mass is 270 g/mol. The highest BCUT2D eigenvalue weighted by Crippen LogP contribution is 2.06. The lowest BCUT2D eigenvalue weighted by atomic mass is 10.1. The molecule has 1 rings (SSSR count). The van der Waals surface area contributed by atoms with Gasteiger partial charge in [-0.3, -0.25) is 9.79 Å². The maximum atomic E-state index is 11.9. The van der Waals surface area contributed by atoms with Gasteiger partial charge in [0.1, 0.15) is 0 Å². The number of amides is 1. The van der Waals surface area contributed by atoms with Crippen molar-refractivity contribution in [3.05, 3.63) is 59.8 Å².